The fourth-order valence-corrected chi connectivity index (χ4v) is 5.15. The van der Waals surface area contributed by atoms with Gasteiger partial charge >= 0.3 is 0 Å². The Bertz CT molecular complexity index is 1200. The zero-order valence-corrected chi connectivity index (χ0v) is 18.2. The van der Waals surface area contributed by atoms with Crippen molar-refractivity contribution < 1.29 is 8.42 Å². The Balaban J connectivity index is 1.59. The molecule has 11 heteroatoms. The molecule has 0 spiro atoms. The topological polar surface area (TPSA) is 115 Å². The first-order valence-electron chi connectivity index (χ1n) is 9.44. The highest BCUT2D eigenvalue weighted by Crippen LogP contribution is 2.35. The van der Waals surface area contributed by atoms with E-state index < -0.39 is 10.0 Å². The summed E-state index contributed by atoms with van der Waals surface area (Å²) >= 11 is 1.52. The Labute approximate surface area is 179 Å². The van der Waals surface area contributed by atoms with Crippen molar-refractivity contribution in [1.82, 2.24) is 19.3 Å². The van der Waals surface area contributed by atoms with E-state index in [0.717, 1.165) is 39.0 Å². The molecule has 9 nitrogen and oxygen atoms in total. The summed E-state index contributed by atoms with van der Waals surface area (Å²) in [5, 5.41) is 13.3. The van der Waals surface area contributed by atoms with Crippen molar-refractivity contribution in [1.29, 1.82) is 5.26 Å². The lowest BCUT2D eigenvalue weighted by molar-refractivity contribution is 0.493. The lowest BCUT2D eigenvalue weighted by Crippen LogP contribution is -2.34. The third-order valence-corrected chi connectivity index (χ3v) is 7.87. The average molecular weight is 444 g/mol. The van der Waals surface area contributed by atoms with Gasteiger partial charge < -0.3 is 10.2 Å². The van der Waals surface area contributed by atoms with Crippen molar-refractivity contribution in [3.8, 4) is 6.07 Å². The van der Waals surface area contributed by atoms with Crippen LogP contribution in [0, 0.1) is 17.2 Å². The van der Waals surface area contributed by atoms with Crippen LogP contribution in [0.25, 0.3) is 10.2 Å². The molecule has 0 saturated carbocycles. The van der Waals surface area contributed by atoms with Gasteiger partial charge in [0.25, 0.3) is 0 Å². The third kappa shape index (κ3) is 3.94. The van der Waals surface area contributed by atoms with Crippen LogP contribution in [0.2, 0.25) is 0 Å². The molecule has 1 aliphatic rings. The lowest BCUT2D eigenvalue weighted by Gasteiger charge is -2.28. The summed E-state index contributed by atoms with van der Waals surface area (Å²) in [5.41, 5.74) is 0.818. The number of thiazole rings is 1. The van der Waals surface area contributed by atoms with Gasteiger partial charge in [-0.3, -0.25) is 0 Å². The van der Waals surface area contributed by atoms with E-state index in [-0.39, 0.29) is 10.8 Å². The number of nitrogens with zero attached hydrogens (tertiary/aromatic N) is 6. The zero-order valence-electron chi connectivity index (χ0n) is 16.6. The molecular weight excluding hydrogens is 422 g/mol. The molecule has 30 heavy (non-hydrogen) atoms. The molecule has 0 amide bonds. The van der Waals surface area contributed by atoms with E-state index in [1.165, 1.54) is 37.7 Å². The summed E-state index contributed by atoms with van der Waals surface area (Å²) in [4.78, 5) is 15.6. The van der Waals surface area contributed by atoms with Crippen molar-refractivity contribution in [2.24, 2.45) is 5.92 Å². The third-order valence-electron chi connectivity index (χ3n) is 4.93. The number of aromatic nitrogens is 3. The van der Waals surface area contributed by atoms with Crippen molar-refractivity contribution in [2.45, 2.75) is 17.7 Å². The number of pyridine rings is 2. The minimum absolute atomic E-state index is 0.0302. The first-order valence-corrected chi connectivity index (χ1v) is 11.7. The molecule has 1 N–H and O–H groups in total. The summed E-state index contributed by atoms with van der Waals surface area (Å²) in [6.45, 7) is 1.58. The number of nitriles is 1. The monoisotopic (exact) mass is 443 g/mol. The summed E-state index contributed by atoms with van der Waals surface area (Å²) in [6, 6.07) is 7.34. The number of sulfonamides is 1. The second-order valence-electron chi connectivity index (χ2n) is 7.21. The quantitative estimate of drug-likeness (QED) is 0.640. The molecule has 0 bridgehead atoms. The van der Waals surface area contributed by atoms with Crippen LogP contribution >= 0.6 is 11.3 Å². The van der Waals surface area contributed by atoms with E-state index in [0.29, 0.717) is 18.2 Å². The summed E-state index contributed by atoms with van der Waals surface area (Å²) in [7, 11) is -0.564. The number of anilines is 3. The second kappa shape index (κ2) is 8.14. The number of nitrogens with one attached hydrogen (secondary N) is 1. The van der Waals surface area contributed by atoms with Crippen LogP contribution in [0.15, 0.2) is 35.5 Å². The molecular formula is C19H21N7O2S2. The van der Waals surface area contributed by atoms with E-state index in [4.69, 9.17) is 4.98 Å². The Hall–Kier alpha value is -2.81. The van der Waals surface area contributed by atoms with Crippen LogP contribution in [0.5, 0.6) is 0 Å². The van der Waals surface area contributed by atoms with Gasteiger partial charge in [0.1, 0.15) is 10.7 Å². The molecule has 4 heterocycles. The van der Waals surface area contributed by atoms with E-state index in [1.807, 2.05) is 6.07 Å². The number of fused-ring (bicyclic) bond motifs is 1. The van der Waals surface area contributed by atoms with Crippen molar-refractivity contribution >= 4 is 48.3 Å². The smallest absolute Gasteiger partial charge is 0.244 e. The van der Waals surface area contributed by atoms with E-state index in [2.05, 4.69) is 26.3 Å². The molecule has 4 rings (SSSR count). The predicted molar refractivity (Wildman–Crippen MR) is 116 cm³/mol. The van der Waals surface area contributed by atoms with Gasteiger partial charge in [-0.15, -0.1) is 0 Å². The number of piperidine rings is 1. The molecule has 0 aromatic carbocycles. The van der Waals surface area contributed by atoms with Crippen LogP contribution < -0.4 is 10.2 Å². The first kappa shape index (κ1) is 20.5. The standard InChI is InChI=1S/C19H21N7O2S2/c1-25(2)30(27,28)14-5-6-16(22-11-14)24-18-17-15(7-8-21-18)23-19(29-17)26-9-3-4-13(10-20)12-26/h5-8,11,13H,3-4,9,12H2,1-2H3,(H,21,22,24). The maximum atomic E-state index is 12.2. The summed E-state index contributed by atoms with van der Waals surface area (Å²) in [5.74, 6) is 1.13. The summed E-state index contributed by atoms with van der Waals surface area (Å²) in [6.07, 6.45) is 4.90. The second-order valence-corrected chi connectivity index (χ2v) is 10.3. The largest absolute Gasteiger partial charge is 0.347 e. The highest BCUT2D eigenvalue weighted by Gasteiger charge is 2.23. The SMILES string of the molecule is CN(C)S(=O)(=O)c1ccc(Nc2nccc3nc(N4CCCC(C#N)C4)sc23)nc1. The summed E-state index contributed by atoms with van der Waals surface area (Å²) < 4.78 is 26.4. The van der Waals surface area contributed by atoms with E-state index in [9.17, 15) is 13.7 Å². The molecule has 0 aliphatic carbocycles. The first-order chi connectivity index (χ1) is 14.4. The van der Waals surface area contributed by atoms with Crippen LogP contribution in [0.3, 0.4) is 0 Å². The molecule has 3 aromatic rings. The molecule has 1 atom stereocenters. The molecule has 1 fully saturated rings. The Morgan fingerprint density at radius 2 is 2.13 bits per heavy atom. The Kier molecular flexibility index (Phi) is 5.55. The Morgan fingerprint density at radius 1 is 1.30 bits per heavy atom. The van der Waals surface area contributed by atoms with Gasteiger partial charge in [-0.1, -0.05) is 11.3 Å². The van der Waals surface area contributed by atoms with Gasteiger partial charge in [0.05, 0.1) is 22.2 Å². The maximum absolute atomic E-state index is 12.2. The molecule has 1 aliphatic heterocycles. The normalized spacial score (nSPS) is 17.3. The van der Waals surface area contributed by atoms with Crippen molar-refractivity contribution in [2.75, 3.05) is 37.4 Å². The van der Waals surface area contributed by atoms with Gasteiger partial charge in [-0.05, 0) is 31.0 Å². The van der Waals surface area contributed by atoms with Crippen LogP contribution in [-0.2, 0) is 10.0 Å². The minimum atomic E-state index is -3.53. The van der Waals surface area contributed by atoms with Gasteiger partial charge in [-0.2, -0.15) is 5.26 Å². The van der Waals surface area contributed by atoms with Crippen LogP contribution in [0.4, 0.5) is 16.8 Å². The lowest BCUT2D eigenvalue weighted by atomic mass is 10.0. The van der Waals surface area contributed by atoms with Gasteiger partial charge in [0.15, 0.2) is 10.9 Å². The molecule has 156 valence electrons. The average Bonchev–Trinajstić information content (AvgIpc) is 3.19. The van der Waals surface area contributed by atoms with Gasteiger partial charge in [-0.25, -0.2) is 27.7 Å². The van der Waals surface area contributed by atoms with Crippen LogP contribution in [-0.4, -0.2) is 54.9 Å². The molecule has 3 aromatic heterocycles. The van der Waals surface area contributed by atoms with Crippen molar-refractivity contribution in [3.63, 3.8) is 0 Å². The van der Waals surface area contributed by atoms with Crippen molar-refractivity contribution in [3.05, 3.63) is 30.6 Å². The fourth-order valence-electron chi connectivity index (χ4n) is 3.26. The number of rotatable bonds is 5. The fraction of sp³-hybridized carbons (Fsp3) is 0.368. The maximum Gasteiger partial charge on any atom is 0.244 e. The van der Waals surface area contributed by atoms with Gasteiger partial charge in [0, 0.05) is 39.6 Å². The highest BCUT2D eigenvalue weighted by atomic mass is 32.2. The highest BCUT2D eigenvalue weighted by molar-refractivity contribution is 7.89. The predicted octanol–water partition coefficient (Wildman–Crippen LogP) is 2.82. The minimum Gasteiger partial charge on any atom is -0.347 e. The number of hydrogen-bond acceptors (Lipinski definition) is 9. The van der Waals surface area contributed by atoms with Crippen LogP contribution in [0.1, 0.15) is 12.8 Å². The molecule has 1 unspecified atom stereocenters. The zero-order chi connectivity index (χ0) is 21.3. The number of hydrogen-bond donors (Lipinski definition) is 1. The van der Waals surface area contributed by atoms with E-state index >= 15 is 0 Å². The molecule has 0 radical (unpaired) electrons. The van der Waals surface area contributed by atoms with E-state index in [1.54, 1.807) is 12.3 Å². The van der Waals surface area contributed by atoms with Gasteiger partial charge in [0.2, 0.25) is 10.0 Å². The Morgan fingerprint density at radius 3 is 2.83 bits per heavy atom. The molecule has 1 saturated heterocycles.